The summed E-state index contributed by atoms with van der Waals surface area (Å²) in [5.74, 6) is 0.728. The average Bonchev–Trinajstić information content (AvgIpc) is 2.59. The van der Waals surface area contributed by atoms with Gasteiger partial charge in [-0.25, -0.2) is 9.97 Å². The molecule has 5 heteroatoms. The van der Waals surface area contributed by atoms with Gasteiger partial charge in [-0.3, -0.25) is 0 Å². The van der Waals surface area contributed by atoms with Crippen molar-refractivity contribution in [3.63, 3.8) is 0 Å². The number of anilines is 1. The van der Waals surface area contributed by atoms with Crippen LogP contribution in [0, 0.1) is 0 Å². The molecule has 0 spiro atoms. The van der Waals surface area contributed by atoms with Gasteiger partial charge in [-0.05, 0) is 19.0 Å². The van der Waals surface area contributed by atoms with Crippen LogP contribution in [0.25, 0.3) is 0 Å². The molecule has 2 rings (SSSR count). The number of aromatic nitrogens is 2. The van der Waals surface area contributed by atoms with Crippen molar-refractivity contribution in [2.24, 2.45) is 0 Å². The van der Waals surface area contributed by atoms with E-state index in [-0.39, 0.29) is 12.4 Å². The van der Waals surface area contributed by atoms with Gasteiger partial charge in [0.05, 0.1) is 0 Å². The summed E-state index contributed by atoms with van der Waals surface area (Å²) in [7, 11) is 0. The summed E-state index contributed by atoms with van der Waals surface area (Å²) in [6.45, 7) is 2.10. The molecule has 0 aliphatic carbocycles. The molecule has 0 amide bonds. The van der Waals surface area contributed by atoms with Crippen LogP contribution in [0.4, 0.5) is 5.95 Å². The lowest BCUT2D eigenvalue weighted by atomic mass is 10.3. The van der Waals surface area contributed by atoms with E-state index in [1.807, 2.05) is 6.07 Å². The number of nitrogens with one attached hydrogen (secondary N) is 2. The first-order valence-electron chi connectivity index (χ1n) is 4.19. The molecule has 0 radical (unpaired) electrons. The van der Waals surface area contributed by atoms with Crippen LogP contribution in [0.3, 0.4) is 0 Å². The fourth-order valence-corrected chi connectivity index (χ4v) is 1.33. The zero-order chi connectivity index (χ0) is 8.23. The largest absolute Gasteiger partial charge is 0.350 e. The van der Waals surface area contributed by atoms with E-state index in [0.717, 1.165) is 25.5 Å². The van der Waals surface area contributed by atoms with Gasteiger partial charge in [0, 0.05) is 25.0 Å². The third-order valence-corrected chi connectivity index (χ3v) is 1.96. The molecule has 2 heterocycles. The maximum absolute atomic E-state index is 4.09. The van der Waals surface area contributed by atoms with E-state index in [9.17, 15) is 0 Å². The second-order valence-corrected chi connectivity index (χ2v) is 2.91. The first-order chi connectivity index (χ1) is 5.95. The third kappa shape index (κ3) is 2.82. The van der Waals surface area contributed by atoms with Crippen LogP contribution >= 0.6 is 12.4 Å². The molecule has 0 bridgehead atoms. The van der Waals surface area contributed by atoms with Gasteiger partial charge in [-0.2, -0.15) is 0 Å². The van der Waals surface area contributed by atoms with E-state index in [1.165, 1.54) is 0 Å². The molecule has 0 aromatic carbocycles. The summed E-state index contributed by atoms with van der Waals surface area (Å²) < 4.78 is 0. The van der Waals surface area contributed by atoms with Gasteiger partial charge in [0.2, 0.25) is 5.95 Å². The van der Waals surface area contributed by atoms with E-state index < -0.39 is 0 Å². The lowest BCUT2D eigenvalue weighted by Crippen LogP contribution is -2.23. The quantitative estimate of drug-likeness (QED) is 0.737. The fraction of sp³-hybridized carbons (Fsp3) is 0.500. The molecular weight excluding hydrogens is 188 g/mol. The number of hydrogen-bond acceptors (Lipinski definition) is 4. The van der Waals surface area contributed by atoms with Crippen LogP contribution in [0.15, 0.2) is 18.5 Å². The number of halogens is 1. The molecule has 1 atom stereocenters. The van der Waals surface area contributed by atoms with Crippen molar-refractivity contribution in [1.29, 1.82) is 0 Å². The summed E-state index contributed by atoms with van der Waals surface area (Å²) in [6.07, 6.45) is 4.65. The molecule has 1 saturated heterocycles. The van der Waals surface area contributed by atoms with Crippen LogP contribution in [0.5, 0.6) is 0 Å². The standard InChI is InChI=1S/C8H12N4.ClH/c1-3-10-8(11-4-1)12-7-2-5-9-6-7;/h1,3-4,7,9H,2,5-6H2,(H,10,11,12);1H. The second-order valence-electron chi connectivity index (χ2n) is 2.91. The van der Waals surface area contributed by atoms with Crippen LogP contribution < -0.4 is 10.6 Å². The average molecular weight is 201 g/mol. The summed E-state index contributed by atoms with van der Waals surface area (Å²) in [4.78, 5) is 8.18. The highest BCUT2D eigenvalue weighted by atomic mass is 35.5. The van der Waals surface area contributed by atoms with E-state index in [1.54, 1.807) is 12.4 Å². The highest BCUT2D eigenvalue weighted by Crippen LogP contribution is 2.04. The molecule has 1 aliphatic rings. The van der Waals surface area contributed by atoms with Crippen molar-refractivity contribution >= 4 is 18.4 Å². The Morgan fingerprint density at radius 1 is 1.38 bits per heavy atom. The van der Waals surface area contributed by atoms with E-state index in [4.69, 9.17) is 0 Å². The lowest BCUT2D eigenvalue weighted by Gasteiger charge is -2.09. The Balaban J connectivity index is 0.000000845. The Hall–Kier alpha value is -0.870. The highest BCUT2D eigenvalue weighted by Gasteiger charge is 2.14. The first-order valence-corrected chi connectivity index (χ1v) is 4.19. The molecule has 1 aromatic heterocycles. The second kappa shape index (κ2) is 4.99. The Kier molecular flexibility index (Phi) is 3.92. The maximum atomic E-state index is 4.09. The Labute approximate surface area is 83.6 Å². The molecule has 72 valence electrons. The van der Waals surface area contributed by atoms with Gasteiger partial charge in [0.15, 0.2) is 0 Å². The zero-order valence-electron chi connectivity index (χ0n) is 7.23. The van der Waals surface area contributed by atoms with E-state index >= 15 is 0 Å². The van der Waals surface area contributed by atoms with E-state index in [0.29, 0.717) is 6.04 Å². The molecule has 4 nitrogen and oxygen atoms in total. The third-order valence-electron chi connectivity index (χ3n) is 1.96. The fourth-order valence-electron chi connectivity index (χ4n) is 1.33. The molecule has 1 fully saturated rings. The first kappa shape index (κ1) is 10.2. The molecule has 1 unspecified atom stereocenters. The molecule has 0 saturated carbocycles. The summed E-state index contributed by atoms with van der Waals surface area (Å²) in [5.41, 5.74) is 0. The number of hydrogen-bond donors (Lipinski definition) is 2. The van der Waals surface area contributed by atoms with Gasteiger partial charge in [-0.15, -0.1) is 12.4 Å². The Bertz CT molecular complexity index is 235. The molecule has 1 aromatic rings. The summed E-state index contributed by atoms with van der Waals surface area (Å²) in [5, 5.41) is 6.53. The summed E-state index contributed by atoms with van der Waals surface area (Å²) >= 11 is 0. The molecule has 2 N–H and O–H groups in total. The van der Waals surface area contributed by atoms with E-state index in [2.05, 4.69) is 20.6 Å². The lowest BCUT2D eigenvalue weighted by molar-refractivity contribution is 0.780. The van der Waals surface area contributed by atoms with Crippen LogP contribution in [0.2, 0.25) is 0 Å². The number of nitrogens with zero attached hydrogens (tertiary/aromatic N) is 2. The summed E-state index contributed by atoms with van der Waals surface area (Å²) in [6, 6.07) is 2.31. The zero-order valence-corrected chi connectivity index (χ0v) is 8.05. The molecular formula is C8H13ClN4. The van der Waals surface area contributed by atoms with Crippen molar-refractivity contribution in [2.75, 3.05) is 18.4 Å². The van der Waals surface area contributed by atoms with Gasteiger partial charge in [-0.1, -0.05) is 0 Å². The van der Waals surface area contributed by atoms with Gasteiger partial charge in [0.1, 0.15) is 0 Å². The van der Waals surface area contributed by atoms with Crippen molar-refractivity contribution in [3.8, 4) is 0 Å². The Morgan fingerprint density at radius 2 is 2.15 bits per heavy atom. The predicted molar refractivity (Wildman–Crippen MR) is 54.2 cm³/mol. The highest BCUT2D eigenvalue weighted by molar-refractivity contribution is 5.85. The topological polar surface area (TPSA) is 49.8 Å². The Morgan fingerprint density at radius 3 is 2.77 bits per heavy atom. The van der Waals surface area contributed by atoms with Crippen molar-refractivity contribution in [2.45, 2.75) is 12.5 Å². The molecule has 1 aliphatic heterocycles. The minimum Gasteiger partial charge on any atom is -0.350 e. The minimum absolute atomic E-state index is 0. The van der Waals surface area contributed by atoms with Gasteiger partial charge in [0.25, 0.3) is 0 Å². The van der Waals surface area contributed by atoms with Crippen LogP contribution in [-0.4, -0.2) is 29.1 Å². The minimum atomic E-state index is 0. The predicted octanol–water partition coefficient (Wildman–Crippen LogP) is 0.672. The smallest absolute Gasteiger partial charge is 0.222 e. The van der Waals surface area contributed by atoms with Crippen molar-refractivity contribution < 1.29 is 0 Å². The van der Waals surface area contributed by atoms with Crippen molar-refractivity contribution in [3.05, 3.63) is 18.5 Å². The monoisotopic (exact) mass is 200 g/mol. The van der Waals surface area contributed by atoms with Crippen molar-refractivity contribution in [1.82, 2.24) is 15.3 Å². The number of rotatable bonds is 2. The normalized spacial score (nSPS) is 20.8. The molecule has 13 heavy (non-hydrogen) atoms. The van der Waals surface area contributed by atoms with Crippen LogP contribution in [0.1, 0.15) is 6.42 Å². The maximum Gasteiger partial charge on any atom is 0.222 e. The SMILES string of the molecule is Cl.c1cnc(NC2CCNC2)nc1. The van der Waals surface area contributed by atoms with Gasteiger partial charge < -0.3 is 10.6 Å². The van der Waals surface area contributed by atoms with Crippen LogP contribution in [-0.2, 0) is 0 Å². The van der Waals surface area contributed by atoms with Gasteiger partial charge >= 0.3 is 0 Å².